The number of rotatable bonds is 8. The number of aliphatic hydroxyl groups excluding tert-OH is 1. The molecule has 4 N–H and O–H groups in total. The number of aliphatic hydroxyl groups is 2. The number of aromatic nitrogens is 3. The van der Waals surface area contributed by atoms with Gasteiger partial charge >= 0.3 is 0 Å². The van der Waals surface area contributed by atoms with Crippen molar-refractivity contribution in [3.8, 4) is 16.4 Å². The summed E-state index contributed by atoms with van der Waals surface area (Å²) < 4.78 is 39.4. The Morgan fingerprint density at radius 3 is 2.50 bits per heavy atom. The molecule has 0 aliphatic heterocycles. The van der Waals surface area contributed by atoms with Crippen LogP contribution in [0.3, 0.4) is 0 Å². The van der Waals surface area contributed by atoms with E-state index in [9.17, 15) is 23.0 Å². The first-order valence-electron chi connectivity index (χ1n) is 11.1. The molecule has 1 fully saturated rings. The standard InChI is InChI=1S/C24H22BrFN4O4S2/c25-18-11-15(5-8-19(18)26)22-17(9-13-3-6-16(7-4-13)36(27,33)34)20(10-14-1-2-14)29-30(22)24-28-21(12-35-24)23(31)32/h3-8,11-12,14,23,31-32H,1-2,9-10H2,(H2,27,33,34). The van der Waals surface area contributed by atoms with Crippen LogP contribution in [0.15, 0.2) is 57.2 Å². The third-order valence-corrected chi connectivity index (χ3v) is 8.40. The Labute approximate surface area is 219 Å². The van der Waals surface area contributed by atoms with Crippen molar-refractivity contribution in [2.24, 2.45) is 11.1 Å². The third kappa shape index (κ3) is 5.29. The van der Waals surface area contributed by atoms with Crippen LogP contribution in [0, 0.1) is 11.7 Å². The van der Waals surface area contributed by atoms with Crippen molar-refractivity contribution in [1.29, 1.82) is 0 Å². The lowest BCUT2D eigenvalue weighted by Crippen LogP contribution is -2.11. The molecule has 4 aromatic rings. The van der Waals surface area contributed by atoms with Crippen LogP contribution in [0.2, 0.25) is 0 Å². The summed E-state index contributed by atoms with van der Waals surface area (Å²) in [5.74, 6) is 0.124. The molecule has 2 heterocycles. The van der Waals surface area contributed by atoms with Gasteiger partial charge in [0.2, 0.25) is 15.2 Å². The number of halogens is 2. The average molecular weight is 594 g/mol. The van der Waals surface area contributed by atoms with E-state index in [1.54, 1.807) is 34.3 Å². The minimum Gasteiger partial charge on any atom is -0.363 e. The number of hydrogen-bond acceptors (Lipinski definition) is 7. The zero-order valence-corrected chi connectivity index (χ0v) is 22.0. The fraction of sp³-hybridized carbons (Fsp3) is 0.250. The summed E-state index contributed by atoms with van der Waals surface area (Å²) in [7, 11) is -3.81. The van der Waals surface area contributed by atoms with Gasteiger partial charge in [0, 0.05) is 22.9 Å². The van der Waals surface area contributed by atoms with Gasteiger partial charge in [0.1, 0.15) is 11.5 Å². The van der Waals surface area contributed by atoms with Crippen molar-refractivity contribution in [2.45, 2.75) is 36.9 Å². The van der Waals surface area contributed by atoms with Crippen molar-refractivity contribution in [2.75, 3.05) is 0 Å². The summed E-state index contributed by atoms with van der Waals surface area (Å²) in [6.07, 6.45) is 1.72. The molecule has 0 saturated heterocycles. The molecule has 2 aromatic heterocycles. The molecule has 0 atom stereocenters. The quantitative estimate of drug-likeness (QED) is 0.264. The topological polar surface area (TPSA) is 131 Å². The zero-order chi connectivity index (χ0) is 25.6. The zero-order valence-electron chi connectivity index (χ0n) is 18.8. The highest BCUT2D eigenvalue weighted by atomic mass is 79.9. The van der Waals surface area contributed by atoms with Gasteiger partial charge in [0.25, 0.3) is 0 Å². The van der Waals surface area contributed by atoms with E-state index in [1.165, 1.54) is 29.5 Å². The van der Waals surface area contributed by atoms with Gasteiger partial charge in [-0.3, -0.25) is 0 Å². The van der Waals surface area contributed by atoms with Gasteiger partial charge in [0.15, 0.2) is 6.29 Å². The summed E-state index contributed by atoms with van der Waals surface area (Å²) in [5, 5.41) is 31.3. The fourth-order valence-corrected chi connectivity index (χ4v) is 5.70. The highest BCUT2D eigenvalue weighted by Crippen LogP contribution is 2.39. The lowest BCUT2D eigenvalue weighted by atomic mass is 9.97. The molecule has 1 aliphatic rings. The molecule has 1 saturated carbocycles. The molecule has 0 amide bonds. The molecular formula is C24H22BrFN4O4S2. The van der Waals surface area contributed by atoms with Crippen molar-refractivity contribution in [3.05, 3.63) is 80.6 Å². The molecule has 2 aromatic carbocycles. The molecule has 188 valence electrons. The van der Waals surface area contributed by atoms with Gasteiger partial charge in [-0.25, -0.2) is 27.6 Å². The maximum absolute atomic E-state index is 14.1. The van der Waals surface area contributed by atoms with E-state index in [-0.39, 0.29) is 10.6 Å². The first-order chi connectivity index (χ1) is 17.1. The smallest absolute Gasteiger partial charge is 0.238 e. The van der Waals surface area contributed by atoms with Gasteiger partial charge < -0.3 is 10.2 Å². The predicted octanol–water partition coefficient (Wildman–Crippen LogP) is 4.07. The molecule has 5 rings (SSSR count). The average Bonchev–Trinajstić information content (AvgIpc) is 3.37. The summed E-state index contributed by atoms with van der Waals surface area (Å²) >= 11 is 4.49. The summed E-state index contributed by atoms with van der Waals surface area (Å²) in [6.45, 7) is 0. The molecule has 0 spiro atoms. The van der Waals surface area contributed by atoms with Gasteiger partial charge in [0.05, 0.1) is 20.8 Å². The van der Waals surface area contributed by atoms with Crippen molar-refractivity contribution in [3.63, 3.8) is 0 Å². The monoisotopic (exact) mass is 592 g/mol. The minimum atomic E-state index is -3.81. The fourth-order valence-electron chi connectivity index (χ4n) is 4.01. The largest absolute Gasteiger partial charge is 0.363 e. The lowest BCUT2D eigenvalue weighted by Gasteiger charge is -2.10. The van der Waals surface area contributed by atoms with Crippen LogP contribution in [0.25, 0.3) is 16.4 Å². The predicted molar refractivity (Wildman–Crippen MR) is 137 cm³/mol. The number of sulfonamides is 1. The van der Waals surface area contributed by atoms with Crippen LogP contribution in [0.5, 0.6) is 0 Å². The van der Waals surface area contributed by atoms with E-state index in [2.05, 4.69) is 20.9 Å². The second-order valence-corrected chi connectivity index (χ2v) is 12.0. The van der Waals surface area contributed by atoms with Crippen molar-refractivity contribution in [1.82, 2.24) is 14.8 Å². The van der Waals surface area contributed by atoms with E-state index in [0.29, 0.717) is 33.2 Å². The molecule has 1 aliphatic carbocycles. The molecule has 12 heteroatoms. The van der Waals surface area contributed by atoms with Gasteiger partial charge in [-0.2, -0.15) is 5.10 Å². The highest BCUT2D eigenvalue weighted by molar-refractivity contribution is 9.10. The van der Waals surface area contributed by atoms with Crippen LogP contribution >= 0.6 is 27.3 Å². The van der Waals surface area contributed by atoms with E-state index in [1.807, 2.05) is 0 Å². The van der Waals surface area contributed by atoms with Gasteiger partial charge in [-0.1, -0.05) is 12.1 Å². The molecular weight excluding hydrogens is 571 g/mol. The van der Waals surface area contributed by atoms with Crippen LogP contribution in [-0.4, -0.2) is 33.4 Å². The van der Waals surface area contributed by atoms with Gasteiger partial charge in [-0.15, -0.1) is 11.3 Å². The Kier molecular flexibility index (Phi) is 6.83. The molecule has 0 bridgehead atoms. The normalized spacial score (nSPS) is 14.1. The maximum Gasteiger partial charge on any atom is 0.238 e. The van der Waals surface area contributed by atoms with E-state index in [4.69, 9.17) is 10.2 Å². The number of nitrogens with two attached hydrogens (primary N) is 1. The van der Waals surface area contributed by atoms with Crippen LogP contribution in [0.4, 0.5) is 4.39 Å². The van der Waals surface area contributed by atoms with Crippen LogP contribution in [-0.2, 0) is 22.9 Å². The minimum absolute atomic E-state index is 0.0284. The summed E-state index contributed by atoms with van der Waals surface area (Å²) in [4.78, 5) is 4.38. The van der Waals surface area contributed by atoms with Gasteiger partial charge in [-0.05, 0) is 77.0 Å². The highest BCUT2D eigenvalue weighted by Gasteiger charge is 2.29. The first-order valence-corrected chi connectivity index (χ1v) is 14.3. The summed E-state index contributed by atoms with van der Waals surface area (Å²) in [6, 6.07) is 11.1. The molecule has 0 radical (unpaired) electrons. The number of thiazole rings is 1. The third-order valence-electron chi connectivity index (χ3n) is 6.03. The Bertz CT molecular complexity index is 1530. The van der Waals surface area contributed by atoms with Crippen LogP contribution < -0.4 is 5.14 Å². The van der Waals surface area contributed by atoms with E-state index in [0.717, 1.165) is 36.1 Å². The SMILES string of the molecule is NS(=O)(=O)c1ccc(Cc2c(CC3CC3)nn(-c3nc(C(O)O)cs3)c2-c2ccc(F)c(Br)c2)cc1. The summed E-state index contributed by atoms with van der Waals surface area (Å²) in [5.41, 5.74) is 4.15. The van der Waals surface area contributed by atoms with Crippen molar-refractivity contribution >= 4 is 37.3 Å². The molecule has 8 nitrogen and oxygen atoms in total. The number of nitrogens with zero attached hydrogens (tertiary/aromatic N) is 3. The van der Waals surface area contributed by atoms with Crippen LogP contribution in [0.1, 0.15) is 41.6 Å². The molecule has 0 unspecified atom stereocenters. The number of benzene rings is 2. The Morgan fingerprint density at radius 1 is 1.19 bits per heavy atom. The van der Waals surface area contributed by atoms with E-state index < -0.39 is 22.1 Å². The number of hydrogen-bond donors (Lipinski definition) is 3. The maximum atomic E-state index is 14.1. The lowest BCUT2D eigenvalue weighted by molar-refractivity contribution is -0.0454. The Morgan fingerprint density at radius 2 is 1.92 bits per heavy atom. The van der Waals surface area contributed by atoms with E-state index >= 15 is 0 Å². The second-order valence-electron chi connectivity index (χ2n) is 8.76. The Balaban J connectivity index is 1.67. The number of primary sulfonamides is 1. The molecule has 36 heavy (non-hydrogen) atoms. The second kappa shape index (κ2) is 9.77. The van der Waals surface area contributed by atoms with Crippen molar-refractivity contribution < 1.29 is 23.0 Å². The Hall–Kier alpha value is -2.48. The first kappa shape index (κ1) is 25.2.